The zero-order chi connectivity index (χ0) is 12.5. The molecule has 0 atom stereocenters. The largest absolute Gasteiger partial charge is 0.297 e. The quantitative estimate of drug-likeness (QED) is 0.598. The van der Waals surface area contributed by atoms with Crippen molar-refractivity contribution in [2.24, 2.45) is 0 Å². The standard InChI is InChI=1S/C15H9BrOS/c16-11-6-7-12-13(8-11)18-14(9-17)15(12)10-4-2-1-3-5-10/h1-9H. The van der Waals surface area contributed by atoms with Crippen LogP contribution in [0.1, 0.15) is 9.67 Å². The molecule has 0 aliphatic rings. The maximum Gasteiger partial charge on any atom is 0.160 e. The lowest BCUT2D eigenvalue weighted by molar-refractivity contribution is 0.112. The molecule has 3 aromatic rings. The summed E-state index contributed by atoms with van der Waals surface area (Å²) in [6.07, 6.45) is 0.945. The maximum atomic E-state index is 11.3. The van der Waals surface area contributed by atoms with E-state index in [4.69, 9.17) is 0 Å². The topological polar surface area (TPSA) is 17.1 Å². The van der Waals surface area contributed by atoms with Crippen LogP contribution in [0.2, 0.25) is 0 Å². The Morgan fingerprint density at radius 2 is 1.83 bits per heavy atom. The molecule has 0 amide bonds. The van der Waals surface area contributed by atoms with Crippen LogP contribution in [0.15, 0.2) is 53.0 Å². The number of carbonyl (C=O) groups excluding carboxylic acids is 1. The second-order valence-corrected chi connectivity index (χ2v) is 5.97. The Bertz CT molecular complexity index is 716. The Labute approximate surface area is 117 Å². The summed E-state index contributed by atoms with van der Waals surface area (Å²) < 4.78 is 2.17. The molecule has 0 unspecified atom stereocenters. The summed E-state index contributed by atoms with van der Waals surface area (Å²) in [5.74, 6) is 0. The van der Waals surface area contributed by atoms with Crippen LogP contribution in [0.3, 0.4) is 0 Å². The van der Waals surface area contributed by atoms with E-state index in [1.54, 1.807) is 0 Å². The van der Waals surface area contributed by atoms with Crippen LogP contribution >= 0.6 is 27.3 Å². The van der Waals surface area contributed by atoms with Crippen LogP contribution in [0, 0.1) is 0 Å². The fourth-order valence-electron chi connectivity index (χ4n) is 2.07. The van der Waals surface area contributed by atoms with Gasteiger partial charge in [-0.05, 0) is 17.7 Å². The van der Waals surface area contributed by atoms with Gasteiger partial charge in [-0.2, -0.15) is 0 Å². The number of rotatable bonds is 2. The van der Waals surface area contributed by atoms with Crippen LogP contribution in [0.25, 0.3) is 21.2 Å². The number of carbonyl (C=O) groups is 1. The molecule has 0 saturated heterocycles. The van der Waals surface area contributed by atoms with Crippen molar-refractivity contribution in [1.29, 1.82) is 0 Å². The number of thiophene rings is 1. The third-order valence-electron chi connectivity index (χ3n) is 2.85. The van der Waals surface area contributed by atoms with Crippen LogP contribution in [-0.4, -0.2) is 6.29 Å². The zero-order valence-corrected chi connectivity index (χ0v) is 11.8. The van der Waals surface area contributed by atoms with E-state index in [-0.39, 0.29) is 0 Å². The predicted octanol–water partition coefficient (Wildman–Crippen LogP) is 5.14. The summed E-state index contributed by atoms with van der Waals surface area (Å²) >= 11 is 5.00. The minimum atomic E-state index is 0.786. The first-order valence-corrected chi connectivity index (χ1v) is 7.13. The Hall–Kier alpha value is -1.45. The van der Waals surface area contributed by atoms with Gasteiger partial charge in [0, 0.05) is 20.1 Å². The highest BCUT2D eigenvalue weighted by atomic mass is 79.9. The Kier molecular flexibility index (Phi) is 3.02. The van der Waals surface area contributed by atoms with E-state index < -0.39 is 0 Å². The molecule has 0 saturated carbocycles. The van der Waals surface area contributed by atoms with Gasteiger partial charge in [0.25, 0.3) is 0 Å². The molecule has 18 heavy (non-hydrogen) atoms. The van der Waals surface area contributed by atoms with Gasteiger partial charge in [0.15, 0.2) is 6.29 Å². The lowest BCUT2D eigenvalue weighted by Gasteiger charge is -2.01. The van der Waals surface area contributed by atoms with Gasteiger partial charge in [-0.1, -0.05) is 52.3 Å². The fourth-order valence-corrected chi connectivity index (χ4v) is 3.67. The highest BCUT2D eigenvalue weighted by molar-refractivity contribution is 9.10. The fraction of sp³-hybridized carbons (Fsp3) is 0. The first kappa shape index (κ1) is 11.6. The molecular formula is C15H9BrOS. The molecule has 1 aromatic heterocycles. The third kappa shape index (κ3) is 1.89. The summed E-state index contributed by atoms with van der Waals surface area (Å²) in [6, 6.07) is 16.2. The van der Waals surface area contributed by atoms with Gasteiger partial charge in [-0.3, -0.25) is 4.79 Å². The van der Waals surface area contributed by atoms with Crippen molar-refractivity contribution in [1.82, 2.24) is 0 Å². The minimum Gasteiger partial charge on any atom is -0.297 e. The average molecular weight is 317 g/mol. The summed E-state index contributed by atoms with van der Waals surface area (Å²) in [5.41, 5.74) is 2.13. The van der Waals surface area contributed by atoms with Crippen LogP contribution in [-0.2, 0) is 0 Å². The van der Waals surface area contributed by atoms with Crippen molar-refractivity contribution < 1.29 is 4.79 Å². The van der Waals surface area contributed by atoms with Gasteiger partial charge >= 0.3 is 0 Å². The van der Waals surface area contributed by atoms with Crippen molar-refractivity contribution in [3.63, 3.8) is 0 Å². The zero-order valence-electron chi connectivity index (χ0n) is 9.39. The van der Waals surface area contributed by atoms with E-state index in [0.29, 0.717) is 0 Å². The van der Waals surface area contributed by atoms with Gasteiger partial charge in [-0.25, -0.2) is 0 Å². The molecule has 0 radical (unpaired) electrons. The Balaban J connectivity index is 2.36. The van der Waals surface area contributed by atoms with Gasteiger partial charge < -0.3 is 0 Å². The molecule has 2 aromatic carbocycles. The van der Waals surface area contributed by atoms with Crippen LogP contribution < -0.4 is 0 Å². The highest BCUT2D eigenvalue weighted by Gasteiger charge is 2.13. The predicted molar refractivity (Wildman–Crippen MR) is 80.3 cm³/mol. The molecule has 0 bridgehead atoms. The molecule has 0 fully saturated rings. The van der Waals surface area contributed by atoms with Crippen molar-refractivity contribution >= 4 is 43.6 Å². The van der Waals surface area contributed by atoms with Crippen molar-refractivity contribution in [3.05, 3.63) is 57.9 Å². The van der Waals surface area contributed by atoms with Gasteiger partial charge in [0.2, 0.25) is 0 Å². The molecule has 0 N–H and O–H groups in total. The average Bonchev–Trinajstić information content (AvgIpc) is 2.77. The van der Waals surface area contributed by atoms with Gasteiger partial charge in [0.1, 0.15) is 0 Å². The molecular weight excluding hydrogens is 308 g/mol. The van der Waals surface area contributed by atoms with Crippen LogP contribution in [0.5, 0.6) is 0 Å². The summed E-state index contributed by atoms with van der Waals surface area (Å²) in [7, 11) is 0. The monoisotopic (exact) mass is 316 g/mol. The molecule has 3 rings (SSSR count). The second-order valence-electron chi connectivity index (χ2n) is 3.97. The number of hydrogen-bond acceptors (Lipinski definition) is 2. The van der Waals surface area contributed by atoms with E-state index in [2.05, 4.69) is 28.1 Å². The van der Waals surface area contributed by atoms with Gasteiger partial charge in [0.05, 0.1) is 4.88 Å². The molecule has 0 aliphatic carbocycles. The lowest BCUT2D eigenvalue weighted by Crippen LogP contribution is -1.80. The van der Waals surface area contributed by atoms with Crippen LogP contribution in [0.4, 0.5) is 0 Å². The van der Waals surface area contributed by atoms with E-state index in [9.17, 15) is 4.79 Å². The first-order chi connectivity index (χ1) is 8.79. The van der Waals surface area contributed by atoms with Crippen molar-refractivity contribution in [3.8, 4) is 11.1 Å². The maximum absolute atomic E-state index is 11.3. The number of halogens is 1. The van der Waals surface area contributed by atoms with E-state index in [1.807, 2.05) is 36.4 Å². The number of hydrogen-bond donors (Lipinski definition) is 0. The highest BCUT2D eigenvalue weighted by Crippen LogP contribution is 2.38. The molecule has 3 heteroatoms. The molecule has 1 heterocycles. The lowest BCUT2D eigenvalue weighted by atomic mass is 10.0. The number of fused-ring (bicyclic) bond motifs is 1. The van der Waals surface area contributed by atoms with E-state index in [1.165, 1.54) is 11.3 Å². The molecule has 1 nitrogen and oxygen atoms in total. The Morgan fingerprint density at radius 1 is 1.06 bits per heavy atom. The van der Waals surface area contributed by atoms with Gasteiger partial charge in [-0.15, -0.1) is 11.3 Å². The molecule has 0 spiro atoms. The van der Waals surface area contributed by atoms with Crippen molar-refractivity contribution in [2.75, 3.05) is 0 Å². The Morgan fingerprint density at radius 3 is 2.56 bits per heavy atom. The molecule has 88 valence electrons. The smallest absolute Gasteiger partial charge is 0.160 e. The third-order valence-corrected chi connectivity index (χ3v) is 4.42. The first-order valence-electron chi connectivity index (χ1n) is 5.52. The summed E-state index contributed by atoms with van der Waals surface area (Å²) in [5, 5.41) is 1.14. The van der Waals surface area contributed by atoms with E-state index in [0.717, 1.165) is 36.8 Å². The normalized spacial score (nSPS) is 10.7. The summed E-state index contributed by atoms with van der Waals surface area (Å²) in [6.45, 7) is 0. The van der Waals surface area contributed by atoms with E-state index >= 15 is 0 Å². The minimum absolute atomic E-state index is 0.786. The SMILES string of the molecule is O=Cc1sc2cc(Br)ccc2c1-c1ccccc1. The molecule has 0 aliphatic heterocycles. The number of benzene rings is 2. The second kappa shape index (κ2) is 4.67. The summed E-state index contributed by atoms with van der Waals surface area (Å²) in [4.78, 5) is 12.0. The number of aldehydes is 1. The van der Waals surface area contributed by atoms with Crippen molar-refractivity contribution in [2.45, 2.75) is 0 Å².